The molecular weight excluding hydrogens is 296 g/mol. The average Bonchev–Trinajstić information content (AvgIpc) is 3.23. The number of hydrogen-bond acceptors (Lipinski definition) is 4. The molecule has 2 aromatic rings. The van der Waals surface area contributed by atoms with E-state index in [1.54, 1.807) is 12.5 Å². The van der Waals surface area contributed by atoms with Crippen LogP contribution in [-0.4, -0.2) is 40.3 Å². The topological polar surface area (TPSA) is 75.8 Å². The largest absolute Gasteiger partial charge is 0.490 e. The summed E-state index contributed by atoms with van der Waals surface area (Å²) in [5, 5.41) is 9.07. The third-order valence-corrected chi connectivity index (χ3v) is 4.79. The maximum absolute atomic E-state index is 11.0. The van der Waals surface area contributed by atoms with Crippen molar-refractivity contribution >= 4 is 6.09 Å². The molecule has 23 heavy (non-hydrogen) atoms. The van der Waals surface area contributed by atoms with Gasteiger partial charge in [-0.05, 0) is 42.9 Å². The standard InChI is InChI=1S/C17H18N2O4/c20-17(21)19-9-12-7-15(8-13(12)10-19)23-14-3-1-2-11(6-14)16-18-4-5-22-16/h1-6,12-13,15H,7-10H2,(H,20,21)/t12-,13+,15-. The molecule has 1 aromatic carbocycles. The zero-order valence-corrected chi connectivity index (χ0v) is 12.6. The predicted molar refractivity (Wildman–Crippen MR) is 82.2 cm³/mol. The molecule has 1 N–H and O–H groups in total. The summed E-state index contributed by atoms with van der Waals surface area (Å²) in [4.78, 5) is 16.7. The van der Waals surface area contributed by atoms with Crippen LogP contribution in [0.25, 0.3) is 11.5 Å². The quantitative estimate of drug-likeness (QED) is 0.942. The Bertz CT molecular complexity index is 686. The number of hydrogen-bond donors (Lipinski definition) is 1. The van der Waals surface area contributed by atoms with Gasteiger partial charge in [0.25, 0.3) is 0 Å². The first-order valence-electron chi connectivity index (χ1n) is 7.83. The average molecular weight is 314 g/mol. The zero-order valence-electron chi connectivity index (χ0n) is 12.6. The minimum atomic E-state index is -0.810. The molecule has 6 heteroatoms. The van der Waals surface area contributed by atoms with E-state index >= 15 is 0 Å². The fraction of sp³-hybridized carbons (Fsp3) is 0.412. The first-order chi connectivity index (χ1) is 11.2. The summed E-state index contributed by atoms with van der Waals surface area (Å²) in [5.74, 6) is 2.23. The van der Waals surface area contributed by atoms with Gasteiger partial charge in [-0.3, -0.25) is 0 Å². The summed E-state index contributed by atoms with van der Waals surface area (Å²) < 4.78 is 11.4. The highest BCUT2D eigenvalue weighted by Gasteiger charge is 2.43. The normalized spacial score (nSPS) is 26.3. The van der Waals surface area contributed by atoms with Gasteiger partial charge in [0.1, 0.15) is 12.0 Å². The summed E-state index contributed by atoms with van der Waals surface area (Å²) in [6.45, 7) is 1.27. The van der Waals surface area contributed by atoms with Crippen LogP contribution in [0, 0.1) is 11.8 Å². The second kappa shape index (κ2) is 5.61. The van der Waals surface area contributed by atoms with Crippen molar-refractivity contribution in [1.29, 1.82) is 0 Å². The number of nitrogens with zero attached hydrogens (tertiary/aromatic N) is 2. The first-order valence-corrected chi connectivity index (χ1v) is 7.83. The van der Waals surface area contributed by atoms with Crippen LogP contribution in [0.4, 0.5) is 4.79 Å². The van der Waals surface area contributed by atoms with Crippen LogP contribution in [0.5, 0.6) is 5.75 Å². The summed E-state index contributed by atoms with van der Waals surface area (Å²) >= 11 is 0. The lowest BCUT2D eigenvalue weighted by Gasteiger charge is -2.18. The van der Waals surface area contributed by atoms with Gasteiger partial charge in [0.05, 0.1) is 12.3 Å². The van der Waals surface area contributed by atoms with E-state index in [1.165, 1.54) is 4.90 Å². The van der Waals surface area contributed by atoms with Gasteiger partial charge < -0.3 is 19.2 Å². The number of fused-ring (bicyclic) bond motifs is 1. The van der Waals surface area contributed by atoms with Crippen LogP contribution in [0.2, 0.25) is 0 Å². The second-order valence-corrected chi connectivity index (χ2v) is 6.28. The molecule has 1 aromatic heterocycles. The number of likely N-dealkylation sites (tertiary alicyclic amines) is 1. The molecule has 6 nitrogen and oxygen atoms in total. The molecule has 1 aliphatic heterocycles. The maximum Gasteiger partial charge on any atom is 0.407 e. The van der Waals surface area contributed by atoms with Gasteiger partial charge in [-0.25, -0.2) is 9.78 Å². The van der Waals surface area contributed by atoms with Crippen molar-refractivity contribution in [3.8, 4) is 17.2 Å². The highest BCUT2D eigenvalue weighted by molar-refractivity contribution is 5.65. The van der Waals surface area contributed by atoms with Gasteiger partial charge in [-0.1, -0.05) is 6.07 Å². The Hall–Kier alpha value is -2.50. The van der Waals surface area contributed by atoms with Crippen LogP contribution in [0.3, 0.4) is 0 Å². The van der Waals surface area contributed by atoms with Crippen molar-refractivity contribution in [3.63, 3.8) is 0 Å². The molecule has 1 saturated carbocycles. The molecule has 0 unspecified atom stereocenters. The van der Waals surface area contributed by atoms with E-state index in [0.29, 0.717) is 30.8 Å². The molecular formula is C17H18N2O4. The van der Waals surface area contributed by atoms with Gasteiger partial charge in [-0.2, -0.15) is 0 Å². The van der Waals surface area contributed by atoms with Gasteiger partial charge in [0.2, 0.25) is 5.89 Å². The fourth-order valence-electron chi connectivity index (χ4n) is 3.76. The van der Waals surface area contributed by atoms with Gasteiger partial charge in [0, 0.05) is 18.7 Å². The molecule has 1 aliphatic carbocycles. The minimum Gasteiger partial charge on any atom is -0.490 e. The van der Waals surface area contributed by atoms with Crippen LogP contribution in [0.15, 0.2) is 41.1 Å². The molecule has 1 saturated heterocycles. The fourth-order valence-corrected chi connectivity index (χ4v) is 3.76. The van der Waals surface area contributed by atoms with Crippen molar-refractivity contribution < 1.29 is 19.1 Å². The van der Waals surface area contributed by atoms with Gasteiger partial charge >= 0.3 is 6.09 Å². The SMILES string of the molecule is O=C(O)N1C[C@H]2C[C@@H](Oc3cccc(-c4ncco4)c3)C[C@H]2C1. The molecule has 2 fully saturated rings. The second-order valence-electron chi connectivity index (χ2n) is 6.28. The zero-order chi connectivity index (χ0) is 15.8. The summed E-state index contributed by atoms with van der Waals surface area (Å²) in [7, 11) is 0. The maximum atomic E-state index is 11.0. The smallest absolute Gasteiger partial charge is 0.407 e. The van der Waals surface area contributed by atoms with Crippen LogP contribution in [0.1, 0.15) is 12.8 Å². The Morgan fingerprint density at radius 2 is 2.09 bits per heavy atom. The van der Waals surface area contributed by atoms with Crippen molar-refractivity contribution in [2.24, 2.45) is 11.8 Å². The van der Waals surface area contributed by atoms with E-state index in [0.717, 1.165) is 24.2 Å². The van der Waals surface area contributed by atoms with Gasteiger partial charge in [0.15, 0.2) is 0 Å². The number of amides is 1. The molecule has 0 spiro atoms. The number of oxazole rings is 1. The number of carbonyl (C=O) groups is 1. The molecule has 2 heterocycles. The van der Waals surface area contributed by atoms with Crippen LogP contribution < -0.4 is 4.74 Å². The van der Waals surface area contributed by atoms with Gasteiger partial charge in [-0.15, -0.1) is 0 Å². The van der Waals surface area contributed by atoms with Crippen LogP contribution >= 0.6 is 0 Å². The van der Waals surface area contributed by atoms with E-state index < -0.39 is 6.09 Å². The molecule has 1 amide bonds. The number of rotatable bonds is 3. The number of ether oxygens (including phenoxy) is 1. The van der Waals surface area contributed by atoms with Crippen LogP contribution in [-0.2, 0) is 0 Å². The lowest BCUT2D eigenvalue weighted by atomic mass is 10.0. The predicted octanol–water partition coefficient (Wildman–Crippen LogP) is 3.11. The lowest BCUT2D eigenvalue weighted by Crippen LogP contribution is -2.29. The van der Waals surface area contributed by atoms with E-state index in [1.807, 2.05) is 24.3 Å². The highest BCUT2D eigenvalue weighted by atomic mass is 16.5. The Morgan fingerprint density at radius 1 is 1.30 bits per heavy atom. The molecule has 4 rings (SSSR count). The number of aromatic nitrogens is 1. The third-order valence-electron chi connectivity index (χ3n) is 4.79. The third kappa shape index (κ3) is 2.76. The van der Waals surface area contributed by atoms with E-state index in [-0.39, 0.29) is 6.10 Å². The monoisotopic (exact) mass is 314 g/mol. The highest BCUT2D eigenvalue weighted by Crippen LogP contribution is 2.40. The molecule has 2 aliphatic rings. The molecule has 3 atom stereocenters. The van der Waals surface area contributed by atoms with E-state index in [4.69, 9.17) is 14.3 Å². The summed E-state index contributed by atoms with van der Waals surface area (Å²) in [6.07, 6.45) is 4.34. The lowest BCUT2D eigenvalue weighted by molar-refractivity contribution is 0.144. The van der Waals surface area contributed by atoms with Crippen molar-refractivity contribution in [1.82, 2.24) is 9.88 Å². The number of carboxylic acid groups (broad SMARTS) is 1. The first kappa shape index (κ1) is 14.1. The summed E-state index contributed by atoms with van der Waals surface area (Å²) in [6, 6.07) is 7.73. The Balaban J connectivity index is 1.41. The van der Waals surface area contributed by atoms with Crippen molar-refractivity contribution in [2.75, 3.05) is 13.1 Å². The molecule has 120 valence electrons. The minimum absolute atomic E-state index is 0.153. The van der Waals surface area contributed by atoms with E-state index in [9.17, 15) is 4.79 Å². The Labute approximate surface area is 133 Å². The molecule has 0 bridgehead atoms. The van der Waals surface area contributed by atoms with Crippen molar-refractivity contribution in [2.45, 2.75) is 18.9 Å². The van der Waals surface area contributed by atoms with Crippen molar-refractivity contribution in [3.05, 3.63) is 36.7 Å². The molecule has 0 radical (unpaired) electrons. The number of benzene rings is 1. The summed E-state index contributed by atoms with van der Waals surface area (Å²) in [5.41, 5.74) is 0.891. The Kier molecular flexibility index (Phi) is 3.44. The Morgan fingerprint density at radius 3 is 2.74 bits per heavy atom. The van der Waals surface area contributed by atoms with E-state index in [2.05, 4.69) is 4.98 Å².